The highest BCUT2D eigenvalue weighted by molar-refractivity contribution is 5.90. The molecule has 1 aliphatic rings. The number of rotatable bonds is 1. The van der Waals surface area contributed by atoms with Crippen molar-refractivity contribution in [1.29, 1.82) is 0 Å². The van der Waals surface area contributed by atoms with E-state index in [1.807, 2.05) is 13.8 Å². The van der Waals surface area contributed by atoms with E-state index >= 15 is 0 Å². The topological polar surface area (TPSA) is 41.8 Å². The minimum absolute atomic E-state index is 0.224. The molecule has 3 nitrogen and oxygen atoms in total. The van der Waals surface area contributed by atoms with E-state index in [4.69, 9.17) is 4.84 Å². The lowest BCUT2D eigenvalue weighted by molar-refractivity contribution is -0.0780. The molecule has 0 aromatic carbocycles. The van der Waals surface area contributed by atoms with Crippen LogP contribution in [-0.2, 0) is 4.84 Å². The van der Waals surface area contributed by atoms with Crippen LogP contribution in [0.4, 0.5) is 0 Å². The predicted octanol–water partition coefficient (Wildman–Crippen LogP) is 1.80. The van der Waals surface area contributed by atoms with E-state index in [1.165, 1.54) is 0 Å². The van der Waals surface area contributed by atoms with Gasteiger partial charge in [-0.1, -0.05) is 19.0 Å². The van der Waals surface area contributed by atoms with E-state index in [0.717, 1.165) is 5.71 Å². The fourth-order valence-corrected chi connectivity index (χ4v) is 1.65. The molecule has 1 aliphatic heterocycles. The second-order valence-corrected chi connectivity index (χ2v) is 4.46. The largest absolute Gasteiger partial charge is 0.389 e. The first-order valence-corrected chi connectivity index (χ1v) is 4.80. The summed E-state index contributed by atoms with van der Waals surface area (Å²) in [6.45, 7) is 9.99. The van der Waals surface area contributed by atoms with E-state index in [9.17, 15) is 5.11 Å². The molecule has 1 N–H and O–H groups in total. The number of aliphatic hydroxyl groups is 1. The van der Waals surface area contributed by atoms with Gasteiger partial charge < -0.3 is 9.94 Å². The number of oxime groups is 1. The number of hydrogen-bond acceptors (Lipinski definition) is 3. The third kappa shape index (κ3) is 1.85. The van der Waals surface area contributed by atoms with Gasteiger partial charge in [0.15, 0.2) is 0 Å². The molecule has 0 aromatic heterocycles. The van der Waals surface area contributed by atoms with Crippen molar-refractivity contribution in [1.82, 2.24) is 0 Å². The van der Waals surface area contributed by atoms with Crippen molar-refractivity contribution in [3.63, 3.8) is 0 Å². The molecule has 3 heteroatoms. The zero-order chi connectivity index (χ0) is 10.2. The van der Waals surface area contributed by atoms with Crippen LogP contribution in [-0.4, -0.2) is 22.5 Å². The van der Waals surface area contributed by atoms with Crippen molar-refractivity contribution < 1.29 is 9.94 Å². The van der Waals surface area contributed by atoms with Crippen molar-refractivity contribution in [3.8, 4) is 0 Å². The number of aliphatic hydroxyl groups excluding tert-OH is 1. The van der Waals surface area contributed by atoms with Crippen LogP contribution in [0.3, 0.4) is 0 Å². The van der Waals surface area contributed by atoms with Gasteiger partial charge in [0.2, 0.25) is 0 Å². The van der Waals surface area contributed by atoms with Gasteiger partial charge in [-0.05, 0) is 20.8 Å². The Labute approximate surface area is 79.8 Å². The summed E-state index contributed by atoms with van der Waals surface area (Å²) in [6, 6.07) is 0. The number of hydrogen-bond donors (Lipinski definition) is 1. The van der Waals surface area contributed by atoms with Gasteiger partial charge in [0, 0.05) is 11.8 Å². The first kappa shape index (κ1) is 10.5. The average molecular weight is 185 g/mol. The molecule has 0 saturated carbocycles. The molecule has 76 valence electrons. The summed E-state index contributed by atoms with van der Waals surface area (Å²) in [5.41, 5.74) is 0.532. The van der Waals surface area contributed by atoms with E-state index in [1.54, 1.807) is 6.92 Å². The molecule has 0 bridgehead atoms. The standard InChI is InChI=1S/C10H19NO2/c1-6-7(2)10(4,5)13-11-9(6)8(3)12/h6-8,12H,1-5H3. The van der Waals surface area contributed by atoms with Crippen molar-refractivity contribution in [3.05, 3.63) is 0 Å². The Balaban J connectivity index is 2.89. The highest BCUT2D eigenvalue weighted by Crippen LogP contribution is 2.33. The first-order chi connectivity index (χ1) is 5.86. The van der Waals surface area contributed by atoms with Gasteiger partial charge in [0.1, 0.15) is 5.60 Å². The molecule has 1 heterocycles. The maximum absolute atomic E-state index is 9.42. The van der Waals surface area contributed by atoms with Crippen LogP contribution in [0, 0.1) is 11.8 Å². The summed E-state index contributed by atoms with van der Waals surface area (Å²) in [5.74, 6) is 0.651. The molecule has 0 spiro atoms. The fraction of sp³-hybridized carbons (Fsp3) is 0.900. The highest BCUT2D eigenvalue weighted by atomic mass is 16.7. The van der Waals surface area contributed by atoms with Crippen LogP contribution < -0.4 is 0 Å². The summed E-state index contributed by atoms with van der Waals surface area (Å²) in [6.07, 6.45) is -0.506. The second kappa shape index (κ2) is 3.29. The molecule has 0 radical (unpaired) electrons. The SMILES string of the molecule is CC(O)C1=NOC(C)(C)C(C)C1C. The molecule has 0 aromatic rings. The fourth-order valence-electron chi connectivity index (χ4n) is 1.65. The third-order valence-electron chi connectivity index (χ3n) is 3.13. The molecule has 3 atom stereocenters. The molecule has 0 fully saturated rings. The van der Waals surface area contributed by atoms with Crippen LogP contribution in [0.2, 0.25) is 0 Å². The minimum Gasteiger partial charge on any atom is -0.389 e. The van der Waals surface area contributed by atoms with Crippen LogP contribution in [0.5, 0.6) is 0 Å². The average Bonchev–Trinajstić information content (AvgIpc) is 2.00. The van der Waals surface area contributed by atoms with Gasteiger partial charge in [-0.2, -0.15) is 0 Å². The molecule has 0 aliphatic carbocycles. The van der Waals surface area contributed by atoms with E-state index in [2.05, 4.69) is 19.0 Å². The summed E-state index contributed by atoms with van der Waals surface area (Å²) < 4.78 is 0. The van der Waals surface area contributed by atoms with E-state index in [0.29, 0.717) is 5.92 Å². The van der Waals surface area contributed by atoms with Crippen LogP contribution in [0.25, 0.3) is 0 Å². The lowest BCUT2D eigenvalue weighted by Crippen LogP contribution is -2.44. The molecular weight excluding hydrogens is 166 g/mol. The van der Waals surface area contributed by atoms with E-state index in [-0.39, 0.29) is 11.5 Å². The van der Waals surface area contributed by atoms with Crippen LogP contribution in [0.15, 0.2) is 5.16 Å². The summed E-state index contributed by atoms with van der Waals surface area (Å²) in [4.78, 5) is 5.35. The van der Waals surface area contributed by atoms with Gasteiger partial charge in [0.05, 0.1) is 11.8 Å². The Morgan fingerprint density at radius 3 is 2.46 bits per heavy atom. The summed E-state index contributed by atoms with van der Waals surface area (Å²) in [5, 5.41) is 13.4. The molecular formula is C10H19NO2. The highest BCUT2D eigenvalue weighted by Gasteiger charge is 2.39. The minimum atomic E-state index is -0.506. The second-order valence-electron chi connectivity index (χ2n) is 4.46. The predicted molar refractivity (Wildman–Crippen MR) is 52.6 cm³/mol. The van der Waals surface area contributed by atoms with Gasteiger partial charge in [0.25, 0.3) is 0 Å². The zero-order valence-corrected chi connectivity index (χ0v) is 9.03. The third-order valence-corrected chi connectivity index (χ3v) is 3.13. The number of nitrogens with zero attached hydrogens (tertiary/aromatic N) is 1. The van der Waals surface area contributed by atoms with Crippen molar-refractivity contribution >= 4 is 5.71 Å². The Bertz CT molecular complexity index is 221. The maximum atomic E-state index is 9.42. The van der Waals surface area contributed by atoms with Crippen molar-refractivity contribution in [2.75, 3.05) is 0 Å². The molecule has 0 amide bonds. The molecule has 0 saturated heterocycles. The van der Waals surface area contributed by atoms with Gasteiger partial charge in [-0.25, -0.2) is 0 Å². The maximum Gasteiger partial charge on any atom is 0.135 e. The van der Waals surface area contributed by atoms with Gasteiger partial charge >= 0.3 is 0 Å². The van der Waals surface area contributed by atoms with Crippen LogP contribution in [0.1, 0.15) is 34.6 Å². The first-order valence-electron chi connectivity index (χ1n) is 4.80. The quantitative estimate of drug-likeness (QED) is 0.677. The molecule has 3 unspecified atom stereocenters. The van der Waals surface area contributed by atoms with Crippen molar-refractivity contribution in [2.24, 2.45) is 17.0 Å². The molecule has 13 heavy (non-hydrogen) atoms. The van der Waals surface area contributed by atoms with Gasteiger partial charge in [-0.3, -0.25) is 0 Å². The Morgan fingerprint density at radius 1 is 1.46 bits per heavy atom. The van der Waals surface area contributed by atoms with Gasteiger partial charge in [-0.15, -0.1) is 0 Å². The van der Waals surface area contributed by atoms with E-state index < -0.39 is 6.10 Å². The smallest absolute Gasteiger partial charge is 0.135 e. The Hall–Kier alpha value is -0.570. The lowest BCUT2D eigenvalue weighted by atomic mass is 9.78. The zero-order valence-electron chi connectivity index (χ0n) is 9.03. The summed E-state index contributed by atoms with van der Waals surface area (Å²) in [7, 11) is 0. The normalized spacial score (nSPS) is 34.8. The van der Waals surface area contributed by atoms with Crippen LogP contribution >= 0.6 is 0 Å². The monoisotopic (exact) mass is 185 g/mol. The van der Waals surface area contributed by atoms with Crippen molar-refractivity contribution in [2.45, 2.75) is 46.3 Å². The lowest BCUT2D eigenvalue weighted by Gasteiger charge is -2.38. The molecule has 1 rings (SSSR count). The summed E-state index contributed by atoms with van der Waals surface area (Å²) >= 11 is 0. The Morgan fingerprint density at radius 2 is 2.00 bits per heavy atom. The Kier molecular flexibility index (Phi) is 2.66.